The van der Waals surface area contributed by atoms with Crippen molar-refractivity contribution in [2.75, 3.05) is 20.1 Å². The van der Waals surface area contributed by atoms with Gasteiger partial charge in [0.1, 0.15) is 0 Å². The number of piperidine rings is 1. The number of rotatable bonds is 1. The van der Waals surface area contributed by atoms with Crippen LogP contribution >= 0.6 is 0 Å². The van der Waals surface area contributed by atoms with Crippen LogP contribution < -0.4 is 0 Å². The second kappa shape index (κ2) is 4.14. The molecule has 1 aromatic rings. The highest BCUT2D eigenvalue weighted by atomic mass is 15.1. The van der Waals surface area contributed by atoms with E-state index >= 15 is 0 Å². The van der Waals surface area contributed by atoms with Gasteiger partial charge in [-0.05, 0) is 30.9 Å². The van der Waals surface area contributed by atoms with Crippen LogP contribution in [0.3, 0.4) is 0 Å². The average molecular weight is 189 g/mol. The van der Waals surface area contributed by atoms with E-state index in [2.05, 4.69) is 49.2 Å². The molecule has 0 amide bonds. The molecule has 1 fully saturated rings. The maximum Gasteiger partial charge on any atom is 0.00474 e. The lowest BCUT2D eigenvalue weighted by Gasteiger charge is -2.34. The summed E-state index contributed by atoms with van der Waals surface area (Å²) in [6, 6.07) is 10.9. The smallest absolute Gasteiger partial charge is 0.00474 e. The lowest BCUT2D eigenvalue weighted by molar-refractivity contribution is 0.198. The molecule has 14 heavy (non-hydrogen) atoms. The van der Waals surface area contributed by atoms with Gasteiger partial charge in [-0.1, -0.05) is 37.3 Å². The van der Waals surface area contributed by atoms with Crippen LogP contribution in [0, 0.1) is 5.92 Å². The lowest BCUT2D eigenvalue weighted by Crippen LogP contribution is -2.35. The van der Waals surface area contributed by atoms with Gasteiger partial charge in [-0.3, -0.25) is 0 Å². The van der Waals surface area contributed by atoms with Crippen LogP contribution in [0.1, 0.15) is 24.8 Å². The summed E-state index contributed by atoms with van der Waals surface area (Å²) >= 11 is 0. The first-order valence-corrected chi connectivity index (χ1v) is 5.49. The molecule has 1 saturated heterocycles. The number of benzene rings is 1. The summed E-state index contributed by atoms with van der Waals surface area (Å²) in [5, 5.41) is 0. The normalized spacial score (nSPS) is 29.0. The molecule has 0 aliphatic carbocycles. The predicted octanol–water partition coefficient (Wildman–Crippen LogP) is 2.74. The van der Waals surface area contributed by atoms with Crippen molar-refractivity contribution in [2.45, 2.75) is 19.3 Å². The third-order valence-electron chi connectivity index (χ3n) is 3.11. The molecule has 0 spiro atoms. The van der Waals surface area contributed by atoms with E-state index in [-0.39, 0.29) is 0 Å². The minimum atomic E-state index is 0.741. The summed E-state index contributed by atoms with van der Waals surface area (Å²) < 4.78 is 0. The fourth-order valence-electron chi connectivity index (χ4n) is 2.58. The van der Waals surface area contributed by atoms with E-state index in [1.165, 1.54) is 25.1 Å². The highest BCUT2D eigenvalue weighted by molar-refractivity contribution is 5.20. The molecule has 1 aliphatic heterocycles. The van der Waals surface area contributed by atoms with Crippen molar-refractivity contribution in [3.05, 3.63) is 35.9 Å². The molecule has 0 aromatic heterocycles. The maximum absolute atomic E-state index is 2.45. The number of nitrogens with zero attached hydrogens (tertiary/aromatic N) is 1. The molecule has 0 N–H and O–H groups in total. The minimum Gasteiger partial charge on any atom is -0.305 e. The standard InChI is InChI=1S/C13H19N/c1-11-8-13(10-14(2)9-11)12-6-4-3-5-7-12/h3-7,11,13H,8-10H2,1-2H3/t11-,13-/m1/s1. The second-order valence-corrected chi connectivity index (χ2v) is 4.67. The van der Waals surface area contributed by atoms with Crippen molar-refractivity contribution in [3.63, 3.8) is 0 Å². The topological polar surface area (TPSA) is 3.24 Å². The summed E-state index contributed by atoms with van der Waals surface area (Å²) in [4.78, 5) is 2.45. The molecule has 1 aliphatic rings. The van der Waals surface area contributed by atoms with E-state index in [1.54, 1.807) is 0 Å². The third-order valence-corrected chi connectivity index (χ3v) is 3.11. The maximum atomic E-state index is 2.45. The molecule has 0 saturated carbocycles. The van der Waals surface area contributed by atoms with Crippen LogP contribution in [0.5, 0.6) is 0 Å². The van der Waals surface area contributed by atoms with E-state index in [1.807, 2.05) is 0 Å². The zero-order valence-corrected chi connectivity index (χ0v) is 9.11. The fourth-order valence-corrected chi connectivity index (χ4v) is 2.58. The van der Waals surface area contributed by atoms with Gasteiger partial charge in [-0.2, -0.15) is 0 Å². The van der Waals surface area contributed by atoms with Crippen LogP contribution in [-0.4, -0.2) is 25.0 Å². The van der Waals surface area contributed by atoms with Crippen molar-refractivity contribution in [3.8, 4) is 0 Å². The molecule has 2 atom stereocenters. The van der Waals surface area contributed by atoms with Crippen LogP contribution in [0.4, 0.5) is 0 Å². The van der Waals surface area contributed by atoms with Crippen molar-refractivity contribution in [1.29, 1.82) is 0 Å². The van der Waals surface area contributed by atoms with Crippen molar-refractivity contribution in [1.82, 2.24) is 4.90 Å². The Hall–Kier alpha value is -0.820. The highest BCUT2D eigenvalue weighted by Crippen LogP contribution is 2.28. The number of hydrogen-bond donors (Lipinski definition) is 0. The number of hydrogen-bond acceptors (Lipinski definition) is 1. The van der Waals surface area contributed by atoms with Gasteiger partial charge in [-0.15, -0.1) is 0 Å². The van der Waals surface area contributed by atoms with Gasteiger partial charge < -0.3 is 4.90 Å². The average Bonchev–Trinajstić information content (AvgIpc) is 2.18. The molecule has 1 nitrogen and oxygen atoms in total. The van der Waals surface area contributed by atoms with Gasteiger partial charge in [0.05, 0.1) is 0 Å². The second-order valence-electron chi connectivity index (χ2n) is 4.67. The Morgan fingerprint density at radius 2 is 1.86 bits per heavy atom. The van der Waals surface area contributed by atoms with E-state index in [9.17, 15) is 0 Å². The molecular formula is C13H19N. The Labute approximate surface area is 86.7 Å². The van der Waals surface area contributed by atoms with E-state index in [0.717, 1.165) is 11.8 Å². The van der Waals surface area contributed by atoms with Crippen LogP contribution in [-0.2, 0) is 0 Å². The summed E-state index contributed by atoms with van der Waals surface area (Å²) in [7, 11) is 2.23. The SMILES string of the molecule is C[C@@H]1C[C@@H](c2ccccc2)CN(C)C1. The zero-order chi connectivity index (χ0) is 9.97. The summed E-state index contributed by atoms with van der Waals surface area (Å²) in [5.41, 5.74) is 1.51. The molecule has 1 aromatic carbocycles. The third kappa shape index (κ3) is 2.16. The summed E-state index contributed by atoms with van der Waals surface area (Å²) in [5.74, 6) is 1.57. The highest BCUT2D eigenvalue weighted by Gasteiger charge is 2.23. The van der Waals surface area contributed by atoms with E-state index < -0.39 is 0 Å². The van der Waals surface area contributed by atoms with Crippen molar-refractivity contribution >= 4 is 0 Å². The first kappa shape index (κ1) is 9.72. The number of likely N-dealkylation sites (N-methyl/N-ethyl adjacent to an activating group) is 1. The van der Waals surface area contributed by atoms with Crippen molar-refractivity contribution < 1.29 is 0 Å². The molecule has 0 bridgehead atoms. The van der Waals surface area contributed by atoms with Gasteiger partial charge in [0.25, 0.3) is 0 Å². The molecule has 0 radical (unpaired) electrons. The minimum absolute atomic E-state index is 0.741. The van der Waals surface area contributed by atoms with Gasteiger partial charge in [0, 0.05) is 13.1 Å². The Balaban J connectivity index is 2.11. The summed E-state index contributed by atoms with van der Waals surface area (Å²) in [6.45, 7) is 4.82. The first-order chi connectivity index (χ1) is 6.75. The molecule has 1 heterocycles. The Morgan fingerprint density at radius 1 is 1.14 bits per heavy atom. The Morgan fingerprint density at radius 3 is 2.50 bits per heavy atom. The summed E-state index contributed by atoms with van der Waals surface area (Å²) in [6.07, 6.45) is 1.34. The van der Waals surface area contributed by atoms with Gasteiger partial charge in [0.15, 0.2) is 0 Å². The zero-order valence-electron chi connectivity index (χ0n) is 9.11. The quantitative estimate of drug-likeness (QED) is 0.656. The van der Waals surface area contributed by atoms with Gasteiger partial charge in [-0.25, -0.2) is 0 Å². The van der Waals surface area contributed by atoms with E-state index in [0.29, 0.717) is 0 Å². The largest absolute Gasteiger partial charge is 0.305 e. The molecule has 2 rings (SSSR count). The first-order valence-electron chi connectivity index (χ1n) is 5.49. The Bertz CT molecular complexity index is 271. The Kier molecular flexibility index (Phi) is 2.87. The van der Waals surface area contributed by atoms with Crippen LogP contribution in [0.25, 0.3) is 0 Å². The lowest BCUT2D eigenvalue weighted by atomic mass is 9.86. The molecule has 76 valence electrons. The van der Waals surface area contributed by atoms with Crippen molar-refractivity contribution in [2.24, 2.45) is 5.92 Å². The van der Waals surface area contributed by atoms with Gasteiger partial charge in [0.2, 0.25) is 0 Å². The molecular weight excluding hydrogens is 170 g/mol. The van der Waals surface area contributed by atoms with Gasteiger partial charge >= 0.3 is 0 Å². The number of likely N-dealkylation sites (tertiary alicyclic amines) is 1. The fraction of sp³-hybridized carbons (Fsp3) is 0.538. The predicted molar refractivity (Wildman–Crippen MR) is 60.5 cm³/mol. The van der Waals surface area contributed by atoms with Crippen LogP contribution in [0.2, 0.25) is 0 Å². The molecule has 0 unspecified atom stereocenters. The van der Waals surface area contributed by atoms with Crippen LogP contribution in [0.15, 0.2) is 30.3 Å². The monoisotopic (exact) mass is 189 g/mol. The van der Waals surface area contributed by atoms with E-state index in [4.69, 9.17) is 0 Å². The molecule has 1 heteroatoms.